The Hall–Kier alpha value is -1.65. The highest BCUT2D eigenvalue weighted by molar-refractivity contribution is 7.99. The van der Waals surface area contributed by atoms with Crippen LogP contribution in [0.3, 0.4) is 0 Å². The van der Waals surface area contributed by atoms with Gasteiger partial charge in [-0.05, 0) is 35.9 Å². The maximum atomic E-state index is 10.6. The Labute approximate surface area is 132 Å². The van der Waals surface area contributed by atoms with Crippen molar-refractivity contribution in [3.05, 3.63) is 59.1 Å². The molecule has 0 amide bonds. The van der Waals surface area contributed by atoms with Gasteiger partial charge in [-0.25, -0.2) is 0 Å². The van der Waals surface area contributed by atoms with Crippen LogP contribution in [0.5, 0.6) is 5.75 Å². The van der Waals surface area contributed by atoms with E-state index in [-0.39, 0.29) is 6.42 Å². The summed E-state index contributed by atoms with van der Waals surface area (Å²) in [6, 6.07) is 14.8. The van der Waals surface area contributed by atoms with E-state index in [4.69, 9.17) is 21.4 Å². The molecule has 5 heteroatoms. The van der Waals surface area contributed by atoms with Gasteiger partial charge in [-0.3, -0.25) is 4.79 Å². The van der Waals surface area contributed by atoms with Crippen molar-refractivity contribution in [2.45, 2.75) is 11.3 Å². The molecule has 0 unspecified atom stereocenters. The summed E-state index contributed by atoms with van der Waals surface area (Å²) in [6.45, 7) is 0.579. The molecule has 2 aromatic carbocycles. The Morgan fingerprint density at radius 3 is 2.62 bits per heavy atom. The van der Waals surface area contributed by atoms with E-state index in [9.17, 15) is 4.79 Å². The SMILES string of the molecule is O=C(O)Cc1ccc(OCCSc2cccc(Cl)c2)cc1. The molecule has 2 rings (SSSR count). The van der Waals surface area contributed by atoms with Crippen LogP contribution in [0.25, 0.3) is 0 Å². The maximum absolute atomic E-state index is 10.6. The number of hydrogen-bond donors (Lipinski definition) is 1. The van der Waals surface area contributed by atoms with Crippen LogP contribution in [0.4, 0.5) is 0 Å². The van der Waals surface area contributed by atoms with Crippen LogP contribution in [0.15, 0.2) is 53.4 Å². The van der Waals surface area contributed by atoms with E-state index in [1.54, 1.807) is 36.0 Å². The van der Waals surface area contributed by atoms with E-state index in [1.807, 2.05) is 24.3 Å². The molecule has 0 aromatic heterocycles. The summed E-state index contributed by atoms with van der Waals surface area (Å²) < 4.78 is 5.62. The molecule has 110 valence electrons. The van der Waals surface area contributed by atoms with Gasteiger partial charge in [0.15, 0.2) is 0 Å². The summed E-state index contributed by atoms with van der Waals surface area (Å²) in [7, 11) is 0. The van der Waals surface area contributed by atoms with Crippen LogP contribution in [0, 0.1) is 0 Å². The van der Waals surface area contributed by atoms with Crippen molar-refractivity contribution in [2.75, 3.05) is 12.4 Å². The van der Waals surface area contributed by atoms with Crippen molar-refractivity contribution in [2.24, 2.45) is 0 Å². The monoisotopic (exact) mass is 322 g/mol. The van der Waals surface area contributed by atoms with Crippen LogP contribution in [0.1, 0.15) is 5.56 Å². The predicted molar refractivity (Wildman–Crippen MR) is 85.5 cm³/mol. The molecule has 1 N–H and O–H groups in total. The number of ether oxygens (including phenoxy) is 1. The summed E-state index contributed by atoms with van der Waals surface area (Å²) >= 11 is 7.60. The topological polar surface area (TPSA) is 46.5 Å². The first kappa shape index (κ1) is 15.7. The van der Waals surface area contributed by atoms with Gasteiger partial charge in [-0.2, -0.15) is 0 Å². The Morgan fingerprint density at radius 2 is 1.95 bits per heavy atom. The second kappa shape index (κ2) is 7.96. The molecule has 0 saturated carbocycles. The lowest BCUT2D eigenvalue weighted by Gasteiger charge is -2.07. The molecule has 0 radical (unpaired) electrons. The summed E-state index contributed by atoms with van der Waals surface area (Å²) in [6.07, 6.45) is 0.0326. The normalized spacial score (nSPS) is 10.3. The minimum atomic E-state index is -0.832. The van der Waals surface area contributed by atoms with Gasteiger partial charge in [-0.15, -0.1) is 11.8 Å². The van der Waals surface area contributed by atoms with Gasteiger partial charge in [-0.1, -0.05) is 29.8 Å². The van der Waals surface area contributed by atoms with E-state index in [0.29, 0.717) is 6.61 Å². The van der Waals surface area contributed by atoms with Crippen LogP contribution in [-0.4, -0.2) is 23.4 Å². The Balaban J connectivity index is 1.74. The summed E-state index contributed by atoms with van der Waals surface area (Å²) in [5.41, 5.74) is 0.767. The minimum absolute atomic E-state index is 0.0326. The first-order chi connectivity index (χ1) is 10.1. The van der Waals surface area contributed by atoms with Gasteiger partial charge in [0.1, 0.15) is 5.75 Å². The molecule has 0 aliphatic rings. The molecule has 0 aliphatic carbocycles. The van der Waals surface area contributed by atoms with E-state index < -0.39 is 5.97 Å². The molecule has 21 heavy (non-hydrogen) atoms. The number of carboxylic acid groups (broad SMARTS) is 1. The first-order valence-corrected chi connectivity index (χ1v) is 7.82. The molecule has 2 aromatic rings. The fourth-order valence-corrected chi connectivity index (χ4v) is 2.80. The number of benzene rings is 2. The quantitative estimate of drug-likeness (QED) is 0.615. The molecule has 0 aliphatic heterocycles. The van der Waals surface area contributed by atoms with Crippen molar-refractivity contribution in [3.63, 3.8) is 0 Å². The summed E-state index contributed by atoms with van der Waals surface area (Å²) in [5, 5.41) is 9.43. The highest BCUT2D eigenvalue weighted by atomic mass is 35.5. The second-order valence-corrected chi connectivity index (χ2v) is 5.97. The van der Waals surface area contributed by atoms with E-state index in [0.717, 1.165) is 27.0 Å². The van der Waals surface area contributed by atoms with Gasteiger partial charge < -0.3 is 9.84 Å². The molecule has 0 fully saturated rings. The number of carboxylic acids is 1. The van der Waals surface area contributed by atoms with Crippen molar-refractivity contribution < 1.29 is 14.6 Å². The van der Waals surface area contributed by atoms with Gasteiger partial charge in [0, 0.05) is 15.7 Å². The molecule has 0 spiro atoms. The van der Waals surface area contributed by atoms with Crippen LogP contribution >= 0.6 is 23.4 Å². The standard InChI is InChI=1S/C16H15ClO3S/c17-13-2-1-3-15(11-13)21-9-8-20-14-6-4-12(5-7-14)10-16(18)19/h1-7,11H,8-10H2,(H,18,19). The van der Waals surface area contributed by atoms with E-state index in [1.165, 1.54) is 0 Å². The third-order valence-corrected chi connectivity index (χ3v) is 3.89. The smallest absolute Gasteiger partial charge is 0.307 e. The maximum Gasteiger partial charge on any atom is 0.307 e. The van der Waals surface area contributed by atoms with Crippen molar-refractivity contribution in [1.29, 1.82) is 0 Å². The molecular weight excluding hydrogens is 308 g/mol. The predicted octanol–water partition coefficient (Wildman–Crippen LogP) is 4.14. The molecule has 0 bridgehead atoms. The molecule has 0 heterocycles. The highest BCUT2D eigenvalue weighted by Crippen LogP contribution is 2.21. The van der Waals surface area contributed by atoms with Crippen molar-refractivity contribution in [3.8, 4) is 5.75 Å². The van der Waals surface area contributed by atoms with Gasteiger partial charge in [0.25, 0.3) is 0 Å². The zero-order valence-electron chi connectivity index (χ0n) is 11.3. The summed E-state index contributed by atoms with van der Waals surface area (Å²) in [4.78, 5) is 11.7. The Bertz CT molecular complexity index is 599. The Morgan fingerprint density at radius 1 is 1.19 bits per heavy atom. The molecular formula is C16H15ClO3S. The summed E-state index contributed by atoms with van der Waals surface area (Å²) in [5.74, 6) is 0.731. The number of thioether (sulfide) groups is 1. The third kappa shape index (κ3) is 5.69. The fraction of sp³-hybridized carbons (Fsp3) is 0.188. The fourth-order valence-electron chi connectivity index (χ4n) is 1.75. The van der Waals surface area contributed by atoms with Gasteiger partial charge in [0.05, 0.1) is 13.0 Å². The molecule has 3 nitrogen and oxygen atoms in total. The van der Waals surface area contributed by atoms with Crippen LogP contribution in [-0.2, 0) is 11.2 Å². The lowest BCUT2D eigenvalue weighted by Crippen LogP contribution is -2.02. The number of carbonyl (C=O) groups is 1. The lowest BCUT2D eigenvalue weighted by molar-refractivity contribution is -0.136. The van der Waals surface area contributed by atoms with Crippen LogP contribution < -0.4 is 4.74 Å². The first-order valence-electron chi connectivity index (χ1n) is 6.45. The Kier molecular flexibility index (Phi) is 5.96. The second-order valence-electron chi connectivity index (χ2n) is 4.37. The minimum Gasteiger partial charge on any atom is -0.493 e. The van der Waals surface area contributed by atoms with Gasteiger partial charge in [0.2, 0.25) is 0 Å². The molecule has 0 saturated heterocycles. The molecule has 0 atom stereocenters. The van der Waals surface area contributed by atoms with Crippen LogP contribution in [0.2, 0.25) is 5.02 Å². The van der Waals surface area contributed by atoms with E-state index in [2.05, 4.69) is 0 Å². The third-order valence-electron chi connectivity index (χ3n) is 2.70. The average Bonchev–Trinajstić information content (AvgIpc) is 2.45. The largest absolute Gasteiger partial charge is 0.493 e. The van der Waals surface area contributed by atoms with Crippen molar-refractivity contribution >= 4 is 29.3 Å². The zero-order chi connectivity index (χ0) is 15.1. The highest BCUT2D eigenvalue weighted by Gasteiger charge is 2.01. The number of aliphatic carboxylic acids is 1. The number of hydrogen-bond acceptors (Lipinski definition) is 3. The number of rotatable bonds is 7. The average molecular weight is 323 g/mol. The zero-order valence-corrected chi connectivity index (χ0v) is 12.9. The van der Waals surface area contributed by atoms with Crippen molar-refractivity contribution in [1.82, 2.24) is 0 Å². The van der Waals surface area contributed by atoms with Gasteiger partial charge >= 0.3 is 5.97 Å². The lowest BCUT2D eigenvalue weighted by atomic mass is 10.1. The van der Waals surface area contributed by atoms with E-state index >= 15 is 0 Å². The number of halogens is 1.